The van der Waals surface area contributed by atoms with Gasteiger partial charge < -0.3 is 15.0 Å². The van der Waals surface area contributed by atoms with Gasteiger partial charge in [0.1, 0.15) is 10.6 Å². The Morgan fingerprint density at radius 1 is 1.30 bits per heavy atom. The molecule has 1 aromatic heterocycles. The second-order valence-corrected chi connectivity index (χ2v) is 6.98. The summed E-state index contributed by atoms with van der Waals surface area (Å²) >= 11 is 1.03. The summed E-state index contributed by atoms with van der Waals surface area (Å²) in [7, 11) is 1.25. The van der Waals surface area contributed by atoms with Crippen LogP contribution in [0.4, 0.5) is 0 Å². The van der Waals surface area contributed by atoms with Crippen LogP contribution in [0.1, 0.15) is 47.1 Å². The largest absolute Gasteiger partial charge is 0.465 e. The van der Waals surface area contributed by atoms with Gasteiger partial charge in [0.2, 0.25) is 5.91 Å². The SMILES string of the molecule is CCc1ccc([C@H](C)NC(=O)CSc2nc(=O)[nH]c(C)c2C(=O)OC)cc1. The molecule has 2 N–H and O–H groups in total. The van der Waals surface area contributed by atoms with E-state index in [1.165, 1.54) is 12.7 Å². The van der Waals surface area contributed by atoms with Crippen LogP contribution in [0.3, 0.4) is 0 Å². The Balaban J connectivity index is 2.04. The Morgan fingerprint density at radius 2 is 1.96 bits per heavy atom. The van der Waals surface area contributed by atoms with Gasteiger partial charge in [0.15, 0.2) is 0 Å². The summed E-state index contributed by atoms with van der Waals surface area (Å²) in [5.41, 5.74) is 2.18. The number of benzene rings is 1. The molecule has 0 bridgehead atoms. The van der Waals surface area contributed by atoms with Gasteiger partial charge >= 0.3 is 11.7 Å². The highest BCUT2D eigenvalue weighted by atomic mass is 32.2. The molecule has 0 fully saturated rings. The second-order valence-electron chi connectivity index (χ2n) is 6.01. The predicted octanol–water partition coefficient (Wildman–Crippen LogP) is 2.40. The second kappa shape index (κ2) is 9.36. The van der Waals surface area contributed by atoms with Gasteiger partial charge in [-0.15, -0.1) is 0 Å². The number of amides is 1. The van der Waals surface area contributed by atoms with Crippen molar-refractivity contribution in [1.29, 1.82) is 0 Å². The number of hydrogen-bond acceptors (Lipinski definition) is 6. The molecule has 0 aliphatic heterocycles. The lowest BCUT2D eigenvalue weighted by molar-refractivity contribution is -0.119. The minimum atomic E-state index is -0.608. The summed E-state index contributed by atoms with van der Waals surface area (Å²) in [6.07, 6.45) is 0.961. The summed E-state index contributed by atoms with van der Waals surface area (Å²) in [6, 6.07) is 7.91. The number of thioether (sulfide) groups is 1. The molecule has 1 aromatic carbocycles. The zero-order valence-corrected chi connectivity index (χ0v) is 16.6. The number of hydrogen-bond donors (Lipinski definition) is 2. The molecule has 0 saturated heterocycles. The van der Waals surface area contributed by atoms with E-state index >= 15 is 0 Å². The average molecular weight is 389 g/mol. The van der Waals surface area contributed by atoms with Gasteiger partial charge in [-0.25, -0.2) is 9.59 Å². The molecule has 8 heteroatoms. The van der Waals surface area contributed by atoms with Crippen LogP contribution in [0.5, 0.6) is 0 Å². The van der Waals surface area contributed by atoms with E-state index in [2.05, 4.69) is 22.2 Å². The molecular weight excluding hydrogens is 366 g/mol. The monoisotopic (exact) mass is 389 g/mol. The highest BCUT2D eigenvalue weighted by Crippen LogP contribution is 2.22. The molecule has 2 aromatic rings. The molecule has 1 atom stereocenters. The number of aromatic nitrogens is 2. The fraction of sp³-hybridized carbons (Fsp3) is 0.368. The maximum atomic E-state index is 12.3. The first kappa shape index (κ1) is 20.7. The smallest absolute Gasteiger partial charge is 0.346 e. The van der Waals surface area contributed by atoms with Gasteiger partial charge in [0.05, 0.1) is 18.9 Å². The molecule has 0 radical (unpaired) electrons. The van der Waals surface area contributed by atoms with Crippen molar-refractivity contribution in [2.24, 2.45) is 0 Å². The zero-order valence-electron chi connectivity index (χ0n) is 15.8. The zero-order chi connectivity index (χ0) is 20.0. The van der Waals surface area contributed by atoms with Gasteiger partial charge in [-0.1, -0.05) is 43.0 Å². The van der Waals surface area contributed by atoms with E-state index in [1.807, 2.05) is 31.2 Å². The molecule has 1 amide bonds. The summed E-state index contributed by atoms with van der Waals surface area (Å²) in [4.78, 5) is 42.1. The summed E-state index contributed by atoms with van der Waals surface area (Å²) in [6.45, 7) is 5.57. The van der Waals surface area contributed by atoms with Crippen LogP contribution < -0.4 is 11.0 Å². The average Bonchev–Trinajstić information content (AvgIpc) is 2.65. The molecule has 0 aliphatic carbocycles. The number of carbonyl (C=O) groups is 2. The Kier molecular flexibility index (Phi) is 7.18. The van der Waals surface area contributed by atoms with Crippen LogP contribution in [-0.2, 0) is 16.0 Å². The number of aryl methyl sites for hydroxylation is 2. The molecule has 1 heterocycles. The van der Waals surface area contributed by atoms with E-state index in [0.29, 0.717) is 5.69 Å². The van der Waals surface area contributed by atoms with E-state index in [-0.39, 0.29) is 28.3 Å². The van der Waals surface area contributed by atoms with Crippen molar-refractivity contribution in [3.8, 4) is 0 Å². The van der Waals surface area contributed by atoms with Crippen molar-refractivity contribution in [1.82, 2.24) is 15.3 Å². The van der Waals surface area contributed by atoms with Crippen LogP contribution in [-0.4, -0.2) is 34.7 Å². The maximum Gasteiger partial charge on any atom is 0.346 e. The van der Waals surface area contributed by atoms with Crippen LogP contribution in [0.25, 0.3) is 0 Å². The lowest BCUT2D eigenvalue weighted by Crippen LogP contribution is -2.28. The third-order valence-corrected chi connectivity index (χ3v) is 5.06. The van der Waals surface area contributed by atoms with Crippen molar-refractivity contribution >= 4 is 23.6 Å². The summed E-state index contributed by atoms with van der Waals surface area (Å²) in [5, 5.41) is 3.09. The van der Waals surface area contributed by atoms with Crippen molar-refractivity contribution < 1.29 is 14.3 Å². The summed E-state index contributed by atoms with van der Waals surface area (Å²) in [5.74, 6) is -0.803. The molecular formula is C19H23N3O4S. The Morgan fingerprint density at radius 3 is 2.56 bits per heavy atom. The number of nitrogens with one attached hydrogen (secondary N) is 2. The van der Waals surface area contributed by atoms with Crippen molar-refractivity contribution in [2.75, 3.05) is 12.9 Å². The molecule has 0 aliphatic rings. The van der Waals surface area contributed by atoms with E-state index in [0.717, 1.165) is 23.7 Å². The predicted molar refractivity (Wildman–Crippen MR) is 104 cm³/mol. The van der Waals surface area contributed by atoms with Gasteiger partial charge in [-0.05, 0) is 31.4 Å². The van der Waals surface area contributed by atoms with Gasteiger partial charge in [-0.2, -0.15) is 4.98 Å². The molecule has 144 valence electrons. The lowest BCUT2D eigenvalue weighted by atomic mass is 10.1. The van der Waals surface area contributed by atoms with Crippen LogP contribution in [0, 0.1) is 6.92 Å². The van der Waals surface area contributed by atoms with Crippen molar-refractivity contribution in [2.45, 2.75) is 38.3 Å². The lowest BCUT2D eigenvalue weighted by Gasteiger charge is -2.15. The highest BCUT2D eigenvalue weighted by Gasteiger charge is 2.20. The Bertz CT molecular complexity index is 878. The molecule has 27 heavy (non-hydrogen) atoms. The first-order chi connectivity index (χ1) is 12.8. The maximum absolute atomic E-state index is 12.3. The molecule has 0 unspecified atom stereocenters. The number of ether oxygens (including phenoxy) is 1. The third-order valence-electron chi connectivity index (χ3n) is 4.08. The number of aromatic amines is 1. The fourth-order valence-corrected chi connectivity index (χ4v) is 3.43. The number of nitrogens with zero attached hydrogens (tertiary/aromatic N) is 1. The molecule has 0 saturated carbocycles. The van der Waals surface area contributed by atoms with E-state index in [4.69, 9.17) is 4.74 Å². The standard InChI is InChI=1S/C19H23N3O4S/c1-5-13-6-8-14(9-7-13)11(2)20-15(23)10-27-17-16(18(24)26-4)12(3)21-19(25)22-17/h6-9,11H,5,10H2,1-4H3,(H,20,23)(H,21,22,25)/t11-/m0/s1. The van der Waals surface area contributed by atoms with Crippen molar-refractivity contribution in [3.63, 3.8) is 0 Å². The van der Waals surface area contributed by atoms with E-state index < -0.39 is 11.7 Å². The molecule has 2 rings (SSSR count). The van der Waals surface area contributed by atoms with E-state index in [1.54, 1.807) is 6.92 Å². The topological polar surface area (TPSA) is 101 Å². The number of rotatable bonds is 7. The normalized spacial score (nSPS) is 11.7. The number of methoxy groups -OCH3 is 1. The Labute approximate surface area is 161 Å². The first-order valence-corrected chi connectivity index (χ1v) is 9.54. The Hall–Kier alpha value is -2.61. The fourth-order valence-electron chi connectivity index (χ4n) is 2.55. The quantitative estimate of drug-likeness (QED) is 0.428. The first-order valence-electron chi connectivity index (χ1n) is 8.56. The van der Waals surface area contributed by atoms with E-state index in [9.17, 15) is 14.4 Å². The van der Waals surface area contributed by atoms with Crippen LogP contribution >= 0.6 is 11.8 Å². The molecule has 0 spiro atoms. The third kappa shape index (κ3) is 5.43. The number of esters is 1. The van der Waals surface area contributed by atoms with Gasteiger partial charge in [0.25, 0.3) is 0 Å². The summed E-state index contributed by atoms with van der Waals surface area (Å²) < 4.78 is 4.73. The van der Waals surface area contributed by atoms with Crippen LogP contribution in [0.15, 0.2) is 34.1 Å². The minimum absolute atomic E-state index is 0.0251. The molecule has 7 nitrogen and oxygen atoms in total. The van der Waals surface area contributed by atoms with Crippen molar-refractivity contribution in [3.05, 3.63) is 57.1 Å². The van der Waals surface area contributed by atoms with Gasteiger partial charge in [-0.3, -0.25) is 4.79 Å². The number of H-pyrrole nitrogens is 1. The van der Waals surface area contributed by atoms with Crippen LogP contribution in [0.2, 0.25) is 0 Å². The minimum Gasteiger partial charge on any atom is -0.465 e. The highest BCUT2D eigenvalue weighted by molar-refractivity contribution is 8.00. The number of carbonyl (C=O) groups excluding carboxylic acids is 2. The van der Waals surface area contributed by atoms with Gasteiger partial charge in [0, 0.05) is 5.69 Å².